The summed E-state index contributed by atoms with van der Waals surface area (Å²) in [6, 6.07) is 23.3. The summed E-state index contributed by atoms with van der Waals surface area (Å²) in [5.41, 5.74) is 7.13. The number of rotatable bonds is 10. The number of benzene rings is 4. The van der Waals surface area contributed by atoms with Gasteiger partial charge < -0.3 is 24.7 Å². The molecular formula is C38H36N6O6. The molecule has 0 saturated carbocycles. The Kier molecular flexibility index (Phi) is 9.22. The van der Waals surface area contributed by atoms with Crippen LogP contribution in [0.5, 0.6) is 5.75 Å². The SMILES string of the molecule is COc1cc2c(cc1C)CCN(CCc1ccc(-n3nnc(-c4cc(CO)c(CO)cc4NC(=O)c4cc(=O)c5ccccc5o4)n3)cc1)C2. The van der Waals surface area contributed by atoms with Crippen molar-refractivity contribution in [3.05, 3.63) is 128 Å². The lowest BCUT2D eigenvalue weighted by atomic mass is 9.96. The second-order valence-electron chi connectivity index (χ2n) is 12.3. The van der Waals surface area contributed by atoms with E-state index in [4.69, 9.17) is 9.15 Å². The molecule has 6 aromatic rings. The summed E-state index contributed by atoms with van der Waals surface area (Å²) in [5, 5.41) is 36.1. The second-order valence-corrected chi connectivity index (χ2v) is 12.3. The summed E-state index contributed by atoms with van der Waals surface area (Å²) < 4.78 is 11.3. The van der Waals surface area contributed by atoms with Gasteiger partial charge in [-0.2, -0.15) is 0 Å². The lowest BCUT2D eigenvalue weighted by Crippen LogP contribution is -2.32. The normalized spacial score (nSPS) is 13.0. The van der Waals surface area contributed by atoms with E-state index in [1.807, 2.05) is 24.3 Å². The molecule has 1 aliphatic heterocycles. The van der Waals surface area contributed by atoms with Crippen LogP contribution in [0, 0.1) is 6.92 Å². The molecule has 7 rings (SSSR count). The number of aromatic nitrogens is 4. The molecule has 0 fully saturated rings. The van der Waals surface area contributed by atoms with E-state index in [9.17, 15) is 19.8 Å². The van der Waals surface area contributed by atoms with Crippen LogP contribution in [0.3, 0.4) is 0 Å². The fourth-order valence-electron chi connectivity index (χ4n) is 6.37. The van der Waals surface area contributed by atoms with Gasteiger partial charge in [0.1, 0.15) is 11.3 Å². The summed E-state index contributed by atoms with van der Waals surface area (Å²) >= 11 is 0. The van der Waals surface area contributed by atoms with Crippen molar-refractivity contribution in [1.82, 2.24) is 25.1 Å². The lowest BCUT2D eigenvalue weighted by molar-refractivity contribution is 0.0997. The van der Waals surface area contributed by atoms with Gasteiger partial charge in [0.05, 0.1) is 37.1 Å². The number of aryl methyl sites for hydroxylation is 1. The molecule has 1 aliphatic rings. The fourth-order valence-corrected chi connectivity index (χ4v) is 6.37. The average Bonchev–Trinajstić information content (AvgIpc) is 3.64. The maximum atomic E-state index is 13.3. The van der Waals surface area contributed by atoms with Crippen LogP contribution in [-0.4, -0.2) is 61.4 Å². The van der Waals surface area contributed by atoms with Crippen molar-refractivity contribution in [1.29, 1.82) is 0 Å². The van der Waals surface area contributed by atoms with Crippen LogP contribution in [0.15, 0.2) is 88.1 Å². The standard InChI is InChI=1S/C38H36N6O6/c1-23-15-25-12-14-43(20-26(25)18-35(23)49-2)13-11-24-7-9-29(10-8-24)44-41-37(40-42-44)31-16-27(21-45)28(22-46)17-32(31)39-38(48)36-19-33(47)30-5-3-4-6-34(30)50-36/h3-10,15-19,45-46H,11-14,20-22H2,1-2H3,(H,39,48). The van der Waals surface area contributed by atoms with E-state index in [0.29, 0.717) is 27.8 Å². The zero-order chi connectivity index (χ0) is 34.8. The number of hydrogen-bond acceptors (Lipinski definition) is 10. The van der Waals surface area contributed by atoms with Gasteiger partial charge in [-0.1, -0.05) is 30.3 Å². The summed E-state index contributed by atoms with van der Waals surface area (Å²) in [6.07, 6.45) is 1.91. The highest BCUT2D eigenvalue weighted by atomic mass is 16.5. The average molecular weight is 673 g/mol. The Morgan fingerprint density at radius 2 is 1.76 bits per heavy atom. The van der Waals surface area contributed by atoms with Crippen LogP contribution in [-0.2, 0) is 32.6 Å². The number of hydrogen-bond donors (Lipinski definition) is 3. The van der Waals surface area contributed by atoms with Gasteiger partial charge in [-0.05, 0) is 101 Å². The first-order chi connectivity index (χ1) is 24.3. The predicted molar refractivity (Wildman–Crippen MR) is 187 cm³/mol. The molecule has 0 radical (unpaired) electrons. The molecule has 1 amide bonds. The number of aliphatic hydroxyl groups is 2. The number of carbonyl (C=O) groups is 1. The second kappa shape index (κ2) is 14.0. The Morgan fingerprint density at radius 1 is 0.980 bits per heavy atom. The molecule has 3 heterocycles. The van der Waals surface area contributed by atoms with Crippen LogP contribution < -0.4 is 15.5 Å². The lowest BCUT2D eigenvalue weighted by Gasteiger charge is -2.29. The van der Waals surface area contributed by atoms with Gasteiger partial charge in [0, 0.05) is 31.3 Å². The molecule has 0 unspecified atom stereocenters. The van der Waals surface area contributed by atoms with E-state index < -0.39 is 5.91 Å². The number of nitrogens with one attached hydrogen (secondary N) is 1. The van der Waals surface area contributed by atoms with Crippen molar-refractivity contribution in [2.24, 2.45) is 0 Å². The predicted octanol–water partition coefficient (Wildman–Crippen LogP) is 4.59. The zero-order valence-corrected chi connectivity index (χ0v) is 27.7. The third-order valence-corrected chi connectivity index (χ3v) is 9.13. The van der Waals surface area contributed by atoms with E-state index in [1.54, 1.807) is 37.4 Å². The molecular weight excluding hydrogens is 636 g/mol. The number of fused-ring (bicyclic) bond motifs is 2. The number of amides is 1. The number of nitrogens with zero attached hydrogens (tertiary/aromatic N) is 5. The number of anilines is 1. The van der Waals surface area contributed by atoms with Gasteiger partial charge in [-0.15, -0.1) is 15.0 Å². The third kappa shape index (κ3) is 6.64. The molecule has 50 heavy (non-hydrogen) atoms. The third-order valence-electron chi connectivity index (χ3n) is 9.13. The van der Waals surface area contributed by atoms with Crippen LogP contribution in [0.2, 0.25) is 0 Å². The summed E-state index contributed by atoms with van der Waals surface area (Å²) in [7, 11) is 1.71. The highest BCUT2D eigenvalue weighted by molar-refractivity contribution is 6.05. The summed E-state index contributed by atoms with van der Waals surface area (Å²) in [5.74, 6) is 0.245. The van der Waals surface area contributed by atoms with Crippen LogP contribution in [0.25, 0.3) is 28.0 Å². The zero-order valence-electron chi connectivity index (χ0n) is 27.7. The number of carbonyl (C=O) groups excluding carboxylic acids is 1. The van der Waals surface area contributed by atoms with E-state index in [1.165, 1.54) is 33.1 Å². The smallest absolute Gasteiger partial charge is 0.291 e. The van der Waals surface area contributed by atoms with Gasteiger partial charge in [0.25, 0.3) is 5.91 Å². The summed E-state index contributed by atoms with van der Waals surface area (Å²) in [4.78, 5) is 29.8. The van der Waals surface area contributed by atoms with Crippen molar-refractivity contribution < 1.29 is 24.2 Å². The molecule has 0 aliphatic carbocycles. The van der Waals surface area contributed by atoms with Crippen molar-refractivity contribution in [3.63, 3.8) is 0 Å². The Morgan fingerprint density at radius 3 is 2.54 bits per heavy atom. The maximum absolute atomic E-state index is 13.3. The Hall–Kier alpha value is -5.69. The Labute approximate surface area is 287 Å². The van der Waals surface area contributed by atoms with Gasteiger partial charge in [-0.3, -0.25) is 14.5 Å². The molecule has 4 aromatic carbocycles. The van der Waals surface area contributed by atoms with Crippen LogP contribution >= 0.6 is 0 Å². The quantitative estimate of drug-likeness (QED) is 0.188. The fraction of sp³-hybridized carbons (Fsp3) is 0.237. The number of aliphatic hydroxyl groups excluding tert-OH is 2. The molecule has 0 spiro atoms. The minimum atomic E-state index is -0.679. The molecule has 12 heteroatoms. The first-order valence-corrected chi connectivity index (χ1v) is 16.3. The van der Waals surface area contributed by atoms with E-state index in [2.05, 4.69) is 44.7 Å². The first-order valence-electron chi connectivity index (χ1n) is 16.3. The number of tetrazole rings is 1. The number of ether oxygens (including phenoxy) is 1. The highest BCUT2D eigenvalue weighted by Gasteiger charge is 2.21. The summed E-state index contributed by atoms with van der Waals surface area (Å²) in [6.45, 7) is 4.18. The van der Waals surface area contributed by atoms with Crippen LogP contribution in [0.1, 0.15) is 43.9 Å². The van der Waals surface area contributed by atoms with E-state index in [-0.39, 0.29) is 41.5 Å². The highest BCUT2D eigenvalue weighted by Crippen LogP contribution is 2.31. The molecule has 0 saturated heterocycles. The van der Waals surface area contributed by atoms with Crippen molar-refractivity contribution in [3.8, 4) is 22.8 Å². The Balaban J connectivity index is 1.08. The number of para-hydroxylation sites is 1. The van der Waals surface area contributed by atoms with Crippen LogP contribution in [0.4, 0.5) is 5.69 Å². The Bertz CT molecular complexity index is 2260. The molecule has 2 aromatic heterocycles. The van der Waals surface area contributed by atoms with Crippen molar-refractivity contribution in [2.45, 2.75) is 39.5 Å². The minimum absolute atomic E-state index is 0.181. The molecule has 254 valence electrons. The molecule has 0 bridgehead atoms. The van der Waals surface area contributed by atoms with Crippen molar-refractivity contribution in [2.75, 3.05) is 25.5 Å². The first kappa shape index (κ1) is 32.8. The van der Waals surface area contributed by atoms with Crippen molar-refractivity contribution >= 4 is 22.6 Å². The topological polar surface area (TPSA) is 156 Å². The maximum Gasteiger partial charge on any atom is 0.291 e. The van der Waals surface area contributed by atoms with Gasteiger partial charge in [0.15, 0.2) is 11.2 Å². The largest absolute Gasteiger partial charge is 0.496 e. The monoisotopic (exact) mass is 672 g/mol. The molecule has 3 N–H and O–H groups in total. The van der Waals surface area contributed by atoms with E-state index >= 15 is 0 Å². The molecule has 12 nitrogen and oxygen atoms in total. The molecule has 0 atom stereocenters. The van der Waals surface area contributed by atoms with Gasteiger partial charge >= 0.3 is 0 Å². The van der Waals surface area contributed by atoms with Gasteiger partial charge in [-0.25, -0.2) is 0 Å². The van der Waals surface area contributed by atoms with E-state index in [0.717, 1.165) is 44.3 Å². The number of methoxy groups -OCH3 is 1. The minimum Gasteiger partial charge on any atom is -0.496 e. The van der Waals surface area contributed by atoms with Gasteiger partial charge in [0.2, 0.25) is 5.82 Å².